The average Bonchev–Trinajstić information content (AvgIpc) is 3.22. The summed E-state index contributed by atoms with van der Waals surface area (Å²) >= 11 is 0. The van der Waals surface area contributed by atoms with E-state index in [9.17, 15) is 0 Å². The van der Waals surface area contributed by atoms with E-state index in [0.29, 0.717) is 5.92 Å². The van der Waals surface area contributed by atoms with Crippen LogP contribution in [-0.2, 0) is 9.47 Å². The molecular formula is C21H36N4O3. The van der Waals surface area contributed by atoms with E-state index in [1.807, 2.05) is 12.1 Å². The first-order chi connectivity index (χ1) is 13.6. The fourth-order valence-corrected chi connectivity index (χ4v) is 3.21. The Morgan fingerprint density at radius 1 is 1.36 bits per heavy atom. The summed E-state index contributed by atoms with van der Waals surface area (Å²) in [5.74, 6) is 2.25. The molecule has 0 spiro atoms. The molecule has 2 N–H and O–H groups in total. The van der Waals surface area contributed by atoms with Crippen molar-refractivity contribution in [3.63, 3.8) is 0 Å². The molecule has 0 bridgehead atoms. The number of hydrogen-bond acceptors (Lipinski definition) is 5. The van der Waals surface area contributed by atoms with Gasteiger partial charge in [0.05, 0.1) is 26.4 Å². The Morgan fingerprint density at radius 2 is 2.21 bits per heavy atom. The number of ether oxygens (including phenoxy) is 3. The lowest BCUT2D eigenvalue weighted by atomic mass is 10.1. The first-order valence-electron chi connectivity index (χ1n) is 10.0. The summed E-state index contributed by atoms with van der Waals surface area (Å²) in [5.41, 5.74) is 1.21. The monoisotopic (exact) mass is 392 g/mol. The van der Waals surface area contributed by atoms with Crippen LogP contribution in [0.5, 0.6) is 5.75 Å². The van der Waals surface area contributed by atoms with E-state index in [-0.39, 0.29) is 6.04 Å². The van der Waals surface area contributed by atoms with E-state index >= 15 is 0 Å². The first kappa shape index (κ1) is 22.5. The minimum absolute atomic E-state index is 0.214. The molecule has 0 aliphatic carbocycles. The third kappa shape index (κ3) is 7.66. The van der Waals surface area contributed by atoms with Gasteiger partial charge in [-0.3, -0.25) is 4.99 Å². The molecule has 2 unspecified atom stereocenters. The van der Waals surface area contributed by atoms with E-state index in [1.165, 1.54) is 5.56 Å². The molecule has 0 amide bonds. The normalized spacial score (nSPS) is 18.3. The molecule has 158 valence electrons. The van der Waals surface area contributed by atoms with Crippen molar-refractivity contribution in [1.82, 2.24) is 15.5 Å². The summed E-state index contributed by atoms with van der Waals surface area (Å²) in [4.78, 5) is 6.51. The number of benzene rings is 1. The second-order valence-electron chi connectivity index (χ2n) is 7.29. The van der Waals surface area contributed by atoms with Crippen LogP contribution in [0.4, 0.5) is 0 Å². The lowest BCUT2D eigenvalue weighted by Gasteiger charge is -2.26. The predicted molar refractivity (Wildman–Crippen MR) is 113 cm³/mol. The van der Waals surface area contributed by atoms with Gasteiger partial charge in [0.2, 0.25) is 0 Å². The number of methoxy groups -OCH3 is 1. The number of rotatable bonds is 11. The van der Waals surface area contributed by atoms with Gasteiger partial charge in [-0.05, 0) is 44.6 Å². The minimum atomic E-state index is 0.214. The van der Waals surface area contributed by atoms with Crippen molar-refractivity contribution in [3.05, 3.63) is 29.8 Å². The van der Waals surface area contributed by atoms with Crippen LogP contribution in [0.2, 0.25) is 0 Å². The minimum Gasteiger partial charge on any atom is -0.497 e. The van der Waals surface area contributed by atoms with Gasteiger partial charge in [-0.2, -0.15) is 0 Å². The maximum absolute atomic E-state index is 5.74. The van der Waals surface area contributed by atoms with Gasteiger partial charge in [-0.25, -0.2) is 0 Å². The SMILES string of the molecule is CN=C(NCCCOCC1CCOC1)NCC(c1cccc(OC)c1)N(C)C. The van der Waals surface area contributed by atoms with Crippen molar-refractivity contribution >= 4 is 5.96 Å². The van der Waals surface area contributed by atoms with Gasteiger partial charge in [-0.15, -0.1) is 0 Å². The molecule has 2 atom stereocenters. The van der Waals surface area contributed by atoms with Crippen molar-refractivity contribution in [3.8, 4) is 5.75 Å². The van der Waals surface area contributed by atoms with Crippen LogP contribution in [0.3, 0.4) is 0 Å². The fraction of sp³-hybridized carbons (Fsp3) is 0.667. The van der Waals surface area contributed by atoms with Crippen LogP contribution < -0.4 is 15.4 Å². The highest BCUT2D eigenvalue weighted by atomic mass is 16.5. The van der Waals surface area contributed by atoms with Crippen molar-refractivity contribution < 1.29 is 14.2 Å². The average molecular weight is 393 g/mol. The smallest absolute Gasteiger partial charge is 0.191 e. The molecule has 2 rings (SSSR count). The molecule has 7 nitrogen and oxygen atoms in total. The molecule has 1 aliphatic heterocycles. The lowest BCUT2D eigenvalue weighted by Crippen LogP contribution is -2.42. The standard InChI is InChI=1S/C21H36N4O3/c1-22-21(23-10-6-11-27-15-17-9-12-28-16-17)24-14-20(25(2)3)18-7-5-8-19(13-18)26-4/h5,7-8,13,17,20H,6,9-12,14-16H2,1-4H3,(H2,22,23,24). The van der Waals surface area contributed by atoms with Crippen molar-refractivity contribution in [2.45, 2.75) is 18.9 Å². The summed E-state index contributed by atoms with van der Waals surface area (Å²) in [7, 11) is 7.64. The number of nitrogens with zero attached hydrogens (tertiary/aromatic N) is 2. The second kappa shape index (κ2) is 12.6. The topological polar surface area (TPSA) is 67.4 Å². The van der Waals surface area contributed by atoms with E-state index in [2.05, 4.69) is 46.8 Å². The van der Waals surface area contributed by atoms with Crippen LogP contribution in [0.1, 0.15) is 24.4 Å². The predicted octanol–water partition coefficient (Wildman–Crippen LogP) is 1.91. The quantitative estimate of drug-likeness (QED) is 0.341. The molecule has 1 aromatic carbocycles. The summed E-state index contributed by atoms with van der Waals surface area (Å²) in [6.45, 7) is 4.85. The molecule has 0 radical (unpaired) electrons. The van der Waals surface area contributed by atoms with Crippen molar-refractivity contribution in [2.75, 3.05) is 67.8 Å². The Hall–Kier alpha value is -1.83. The molecule has 0 saturated carbocycles. The number of hydrogen-bond donors (Lipinski definition) is 2. The Labute approximate surface area is 169 Å². The number of nitrogens with one attached hydrogen (secondary N) is 2. The molecule has 1 heterocycles. The first-order valence-corrected chi connectivity index (χ1v) is 10.0. The summed E-state index contributed by atoms with van der Waals surface area (Å²) < 4.78 is 16.5. The van der Waals surface area contributed by atoms with Gasteiger partial charge in [-0.1, -0.05) is 12.1 Å². The van der Waals surface area contributed by atoms with Crippen molar-refractivity contribution in [2.24, 2.45) is 10.9 Å². The Kier molecular flexibility index (Phi) is 10.1. The second-order valence-corrected chi connectivity index (χ2v) is 7.29. The zero-order valence-corrected chi connectivity index (χ0v) is 17.7. The Morgan fingerprint density at radius 3 is 2.89 bits per heavy atom. The van der Waals surface area contributed by atoms with E-state index < -0.39 is 0 Å². The lowest BCUT2D eigenvalue weighted by molar-refractivity contribution is 0.0888. The molecule has 1 aromatic rings. The van der Waals surface area contributed by atoms with Gasteiger partial charge in [0.25, 0.3) is 0 Å². The van der Waals surface area contributed by atoms with Gasteiger partial charge in [0.15, 0.2) is 5.96 Å². The number of aliphatic imine (C=N–C) groups is 1. The van der Waals surface area contributed by atoms with Gasteiger partial charge >= 0.3 is 0 Å². The Bertz CT molecular complexity index is 589. The molecule has 1 saturated heterocycles. The molecule has 0 aromatic heterocycles. The summed E-state index contributed by atoms with van der Waals surface area (Å²) in [5, 5.41) is 6.78. The van der Waals surface area contributed by atoms with Crippen LogP contribution in [-0.4, -0.2) is 78.6 Å². The fourth-order valence-electron chi connectivity index (χ4n) is 3.21. The van der Waals surface area contributed by atoms with Crippen LogP contribution >= 0.6 is 0 Å². The summed E-state index contributed by atoms with van der Waals surface area (Å²) in [6.07, 6.45) is 2.07. The maximum Gasteiger partial charge on any atom is 0.191 e. The molecule has 1 aliphatic rings. The van der Waals surface area contributed by atoms with E-state index in [4.69, 9.17) is 14.2 Å². The van der Waals surface area contributed by atoms with Crippen LogP contribution in [0.25, 0.3) is 0 Å². The van der Waals surface area contributed by atoms with E-state index in [1.54, 1.807) is 14.2 Å². The molecular weight excluding hydrogens is 356 g/mol. The van der Waals surface area contributed by atoms with Crippen molar-refractivity contribution in [1.29, 1.82) is 0 Å². The third-order valence-corrected chi connectivity index (χ3v) is 4.92. The number of guanidine groups is 1. The maximum atomic E-state index is 5.74. The Balaban J connectivity index is 1.70. The van der Waals surface area contributed by atoms with E-state index in [0.717, 1.165) is 64.1 Å². The highest BCUT2D eigenvalue weighted by molar-refractivity contribution is 5.79. The van der Waals surface area contributed by atoms with Crippen LogP contribution in [0.15, 0.2) is 29.3 Å². The molecule has 1 fully saturated rings. The summed E-state index contributed by atoms with van der Waals surface area (Å²) in [6, 6.07) is 8.40. The largest absolute Gasteiger partial charge is 0.497 e. The molecule has 7 heteroatoms. The molecule has 28 heavy (non-hydrogen) atoms. The zero-order valence-electron chi connectivity index (χ0n) is 17.7. The van der Waals surface area contributed by atoms with Gasteiger partial charge in [0, 0.05) is 39.3 Å². The zero-order chi connectivity index (χ0) is 20.2. The third-order valence-electron chi connectivity index (χ3n) is 4.92. The number of likely N-dealkylation sites (N-methyl/N-ethyl adjacent to an activating group) is 1. The highest BCUT2D eigenvalue weighted by Gasteiger charge is 2.16. The highest BCUT2D eigenvalue weighted by Crippen LogP contribution is 2.22. The van der Waals surface area contributed by atoms with Gasteiger partial charge < -0.3 is 29.7 Å². The van der Waals surface area contributed by atoms with Gasteiger partial charge in [0.1, 0.15) is 5.75 Å². The van der Waals surface area contributed by atoms with Crippen LogP contribution in [0, 0.1) is 5.92 Å².